The third kappa shape index (κ3) is 5.81. The Labute approximate surface area is 170 Å². The lowest BCUT2D eigenvalue weighted by molar-refractivity contribution is -0.140. The van der Waals surface area contributed by atoms with Gasteiger partial charge in [-0.1, -0.05) is 35.9 Å². The number of hydrogen-bond acceptors (Lipinski definition) is 4. The number of rotatable bonds is 6. The summed E-state index contributed by atoms with van der Waals surface area (Å²) in [5.41, 5.74) is 1.65. The predicted octanol–water partition coefficient (Wildman–Crippen LogP) is 1.47. The second-order valence-electron chi connectivity index (χ2n) is 6.91. The first-order chi connectivity index (χ1) is 14.0. The Kier molecular flexibility index (Phi) is 6.84. The Morgan fingerprint density at radius 3 is 2.07 bits per heavy atom. The molecule has 1 aliphatic heterocycles. The molecule has 0 unspecified atom stereocenters. The minimum atomic E-state index is -0.277. The van der Waals surface area contributed by atoms with Crippen molar-refractivity contribution >= 4 is 17.7 Å². The van der Waals surface area contributed by atoms with E-state index in [1.165, 1.54) is 0 Å². The van der Waals surface area contributed by atoms with Crippen LogP contribution in [0.3, 0.4) is 0 Å². The van der Waals surface area contributed by atoms with Crippen molar-refractivity contribution in [2.45, 2.75) is 6.92 Å². The van der Waals surface area contributed by atoms with Crippen LogP contribution in [0.5, 0.6) is 5.75 Å². The first-order valence-corrected chi connectivity index (χ1v) is 9.61. The van der Waals surface area contributed by atoms with Crippen molar-refractivity contribution in [3.8, 4) is 5.75 Å². The van der Waals surface area contributed by atoms with Gasteiger partial charge in [0.25, 0.3) is 11.8 Å². The Balaban J connectivity index is 1.39. The summed E-state index contributed by atoms with van der Waals surface area (Å²) in [6.07, 6.45) is 0. The fourth-order valence-electron chi connectivity index (χ4n) is 3.04. The van der Waals surface area contributed by atoms with Gasteiger partial charge in [0, 0.05) is 31.7 Å². The molecule has 0 aromatic heterocycles. The van der Waals surface area contributed by atoms with Gasteiger partial charge in [-0.05, 0) is 31.2 Å². The number of aryl methyl sites for hydroxylation is 1. The smallest absolute Gasteiger partial charge is 0.260 e. The molecule has 3 amide bonds. The van der Waals surface area contributed by atoms with Gasteiger partial charge < -0.3 is 19.9 Å². The van der Waals surface area contributed by atoms with Gasteiger partial charge in [-0.3, -0.25) is 14.4 Å². The van der Waals surface area contributed by atoms with E-state index < -0.39 is 0 Å². The van der Waals surface area contributed by atoms with Crippen molar-refractivity contribution in [2.24, 2.45) is 0 Å². The number of carbonyl (C=O) groups is 3. The van der Waals surface area contributed by atoms with Crippen molar-refractivity contribution in [1.82, 2.24) is 15.1 Å². The maximum absolute atomic E-state index is 12.3. The van der Waals surface area contributed by atoms with Crippen LogP contribution in [0.4, 0.5) is 0 Å². The summed E-state index contributed by atoms with van der Waals surface area (Å²) >= 11 is 0. The van der Waals surface area contributed by atoms with E-state index in [0.717, 1.165) is 5.56 Å². The van der Waals surface area contributed by atoms with E-state index >= 15 is 0 Å². The standard InChI is InChI=1S/C22H25N3O4/c1-17-7-9-19(10-8-17)29-16-21(27)25-13-11-24(12-14-25)20(26)15-23-22(28)18-5-3-2-4-6-18/h2-10H,11-16H2,1H3,(H,23,28). The zero-order valence-electron chi connectivity index (χ0n) is 16.5. The van der Waals surface area contributed by atoms with Gasteiger partial charge >= 0.3 is 0 Å². The van der Waals surface area contributed by atoms with Crippen LogP contribution in [0, 0.1) is 6.92 Å². The fraction of sp³-hybridized carbons (Fsp3) is 0.318. The molecule has 7 nitrogen and oxygen atoms in total. The monoisotopic (exact) mass is 395 g/mol. The van der Waals surface area contributed by atoms with Crippen LogP contribution in [-0.2, 0) is 9.59 Å². The number of piperazine rings is 1. The van der Waals surface area contributed by atoms with E-state index in [-0.39, 0.29) is 30.9 Å². The molecule has 0 atom stereocenters. The van der Waals surface area contributed by atoms with Crippen LogP contribution in [0.2, 0.25) is 0 Å². The molecule has 0 bridgehead atoms. The number of carbonyl (C=O) groups excluding carboxylic acids is 3. The van der Waals surface area contributed by atoms with Gasteiger partial charge in [0.05, 0.1) is 6.54 Å². The molecule has 1 heterocycles. The highest BCUT2D eigenvalue weighted by Gasteiger charge is 2.24. The van der Waals surface area contributed by atoms with Crippen LogP contribution in [0.25, 0.3) is 0 Å². The van der Waals surface area contributed by atoms with E-state index in [2.05, 4.69) is 5.32 Å². The summed E-state index contributed by atoms with van der Waals surface area (Å²) in [4.78, 5) is 40.0. The lowest BCUT2D eigenvalue weighted by atomic mass is 10.2. The molecule has 3 rings (SSSR count). The quantitative estimate of drug-likeness (QED) is 0.804. The van der Waals surface area contributed by atoms with Crippen LogP contribution in [0.15, 0.2) is 54.6 Å². The summed E-state index contributed by atoms with van der Waals surface area (Å²) in [6.45, 7) is 3.70. The lowest BCUT2D eigenvalue weighted by Gasteiger charge is -2.34. The second-order valence-corrected chi connectivity index (χ2v) is 6.91. The van der Waals surface area contributed by atoms with Crippen LogP contribution in [0.1, 0.15) is 15.9 Å². The maximum atomic E-state index is 12.3. The van der Waals surface area contributed by atoms with E-state index in [4.69, 9.17) is 4.74 Å². The maximum Gasteiger partial charge on any atom is 0.260 e. The molecule has 1 fully saturated rings. The van der Waals surface area contributed by atoms with Gasteiger partial charge in [-0.2, -0.15) is 0 Å². The average Bonchev–Trinajstić information content (AvgIpc) is 2.77. The first-order valence-electron chi connectivity index (χ1n) is 9.61. The van der Waals surface area contributed by atoms with Crippen molar-refractivity contribution in [3.63, 3.8) is 0 Å². The van der Waals surface area contributed by atoms with E-state index in [1.54, 1.807) is 34.1 Å². The number of benzene rings is 2. The zero-order chi connectivity index (χ0) is 20.6. The minimum absolute atomic E-state index is 0.0237. The fourth-order valence-corrected chi connectivity index (χ4v) is 3.04. The van der Waals surface area contributed by atoms with Crippen molar-refractivity contribution in [1.29, 1.82) is 0 Å². The predicted molar refractivity (Wildman–Crippen MR) is 109 cm³/mol. The van der Waals surface area contributed by atoms with Crippen molar-refractivity contribution < 1.29 is 19.1 Å². The summed E-state index contributed by atoms with van der Waals surface area (Å²) in [6, 6.07) is 16.3. The molecule has 7 heteroatoms. The van der Waals surface area contributed by atoms with Crippen molar-refractivity contribution in [3.05, 3.63) is 65.7 Å². The molecule has 2 aromatic rings. The van der Waals surface area contributed by atoms with Crippen LogP contribution >= 0.6 is 0 Å². The van der Waals surface area contributed by atoms with Gasteiger partial charge in [-0.25, -0.2) is 0 Å². The average molecular weight is 395 g/mol. The van der Waals surface area contributed by atoms with E-state index in [9.17, 15) is 14.4 Å². The molecule has 1 saturated heterocycles. The van der Waals surface area contributed by atoms with Crippen LogP contribution < -0.4 is 10.1 Å². The molecule has 2 aromatic carbocycles. The molecular weight excluding hydrogens is 370 g/mol. The highest BCUT2D eigenvalue weighted by Crippen LogP contribution is 2.12. The zero-order valence-corrected chi connectivity index (χ0v) is 16.5. The minimum Gasteiger partial charge on any atom is -0.484 e. The van der Waals surface area contributed by atoms with E-state index in [1.807, 2.05) is 37.3 Å². The molecule has 0 saturated carbocycles. The molecule has 29 heavy (non-hydrogen) atoms. The summed E-state index contributed by atoms with van der Waals surface area (Å²) in [5.74, 6) is 0.125. The molecule has 1 N–H and O–H groups in total. The summed E-state index contributed by atoms with van der Waals surface area (Å²) in [5, 5.41) is 2.64. The number of hydrogen-bond donors (Lipinski definition) is 1. The largest absolute Gasteiger partial charge is 0.484 e. The number of nitrogens with one attached hydrogen (secondary N) is 1. The first kappa shape index (κ1) is 20.4. The number of nitrogens with zero attached hydrogens (tertiary/aromatic N) is 2. The number of amides is 3. The Hall–Kier alpha value is -3.35. The van der Waals surface area contributed by atoms with Gasteiger partial charge in [0.2, 0.25) is 5.91 Å². The van der Waals surface area contributed by atoms with Gasteiger partial charge in [0.15, 0.2) is 6.61 Å². The third-order valence-electron chi connectivity index (χ3n) is 4.80. The van der Waals surface area contributed by atoms with Crippen LogP contribution in [-0.4, -0.2) is 66.9 Å². The molecular formula is C22H25N3O4. The summed E-state index contributed by atoms with van der Waals surface area (Å²) < 4.78 is 5.54. The van der Waals surface area contributed by atoms with Gasteiger partial charge in [0.1, 0.15) is 5.75 Å². The number of ether oxygens (including phenoxy) is 1. The Morgan fingerprint density at radius 2 is 1.45 bits per heavy atom. The highest BCUT2D eigenvalue weighted by atomic mass is 16.5. The summed E-state index contributed by atoms with van der Waals surface area (Å²) in [7, 11) is 0. The molecule has 0 radical (unpaired) electrons. The Bertz CT molecular complexity index is 844. The highest BCUT2D eigenvalue weighted by molar-refractivity contribution is 5.96. The second kappa shape index (κ2) is 9.73. The van der Waals surface area contributed by atoms with Crippen molar-refractivity contribution in [2.75, 3.05) is 39.3 Å². The molecule has 1 aliphatic rings. The lowest BCUT2D eigenvalue weighted by Crippen LogP contribution is -2.53. The van der Waals surface area contributed by atoms with Gasteiger partial charge in [-0.15, -0.1) is 0 Å². The molecule has 0 spiro atoms. The SMILES string of the molecule is Cc1ccc(OCC(=O)N2CCN(C(=O)CNC(=O)c3ccccc3)CC2)cc1. The Morgan fingerprint density at radius 1 is 0.862 bits per heavy atom. The van der Waals surface area contributed by atoms with E-state index in [0.29, 0.717) is 37.5 Å². The molecule has 152 valence electrons. The third-order valence-corrected chi connectivity index (χ3v) is 4.80. The topological polar surface area (TPSA) is 79.0 Å². The molecule has 0 aliphatic carbocycles. The normalized spacial score (nSPS) is 13.7.